The first-order valence-corrected chi connectivity index (χ1v) is 8.77. The summed E-state index contributed by atoms with van der Waals surface area (Å²) in [6.45, 7) is 3.35. The third-order valence-corrected chi connectivity index (χ3v) is 5.43. The lowest BCUT2D eigenvalue weighted by atomic mass is 9.96. The minimum absolute atomic E-state index is 0.0326. The second-order valence-corrected chi connectivity index (χ2v) is 7.11. The molecule has 2 aromatic heterocycles. The highest BCUT2D eigenvalue weighted by molar-refractivity contribution is 7.22. The van der Waals surface area contributed by atoms with E-state index in [1.54, 1.807) is 13.1 Å². The summed E-state index contributed by atoms with van der Waals surface area (Å²) in [6.07, 6.45) is 5.56. The Hall–Kier alpha value is -2.28. The van der Waals surface area contributed by atoms with E-state index in [2.05, 4.69) is 11.9 Å². The summed E-state index contributed by atoms with van der Waals surface area (Å²) in [5.74, 6) is -0.330. The Balaban J connectivity index is 1.81. The summed E-state index contributed by atoms with van der Waals surface area (Å²) < 4.78 is 5.86. The molecule has 0 unspecified atom stereocenters. The van der Waals surface area contributed by atoms with Crippen molar-refractivity contribution in [3.8, 4) is 0 Å². The van der Waals surface area contributed by atoms with E-state index in [9.17, 15) is 14.7 Å². The molecule has 2 aromatic rings. The first kappa shape index (κ1) is 16.6. The number of hydrogen-bond donors (Lipinski definition) is 2. The Bertz CT molecular complexity index is 833. The fraction of sp³-hybridized carbons (Fsp3) is 0.412. The van der Waals surface area contributed by atoms with E-state index in [1.165, 1.54) is 28.7 Å². The molecule has 2 heterocycles. The predicted octanol–water partition coefficient (Wildman–Crippen LogP) is 3.86. The number of carbonyl (C=O) groups excluding carboxylic acids is 1. The van der Waals surface area contributed by atoms with E-state index in [-0.39, 0.29) is 23.4 Å². The predicted molar refractivity (Wildman–Crippen MR) is 95.8 cm³/mol. The van der Waals surface area contributed by atoms with Crippen LogP contribution < -0.4 is 15.8 Å². The van der Waals surface area contributed by atoms with Gasteiger partial charge < -0.3 is 14.8 Å². The molecule has 2 N–H and O–H groups in total. The molecule has 0 bridgehead atoms. The molecule has 1 saturated carbocycles. The monoisotopic (exact) mass is 348 g/mol. The first-order valence-electron chi connectivity index (χ1n) is 7.96. The van der Waals surface area contributed by atoms with Gasteiger partial charge in [0.1, 0.15) is 16.3 Å². The van der Waals surface area contributed by atoms with Crippen LogP contribution in [0, 0.1) is 0 Å². The lowest BCUT2D eigenvalue weighted by molar-refractivity contribution is 0.239. The van der Waals surface area contributed by atoms with Gasteiger partial charge in [-0.1, -0.05) is 25.8 Å². The Morgan fingerprint density at radius 2 is 2.08 bits per heavy atom. The first-order chi connectivity index (χ1) is 11.5. The van der Waals surface area contributed by atoms with Crippen LogP contribution in [0.4, 0.5) is 9.80 Å². The fourth-order valence-electron chi connectivity index (χ4n) is 2.89. The molecule has 6 nitrogen and oxygen atoms in total. The van der Waals surface area contributed by atoms with E-state index < -0.39 is 5.63 Å². The Morgan fingerprint density at radius 3 is 2.75 bits per heavy atom. The number of aliphatic hydroxyl groups is 1. The van der Waals surface area contributed by atoms with Gasteiger partial charge in [-0.3, -0.25) is 4.90 Å². The maximum absolute atomic E-state index is 12.4. The minimum atomic E-state index is -0.645. The van der Waals surface area contributed by atoms with Crippen molar-refractivity contribution in [2.45, 2.75) is 38.1 Å². The zero-order chi connectivity index (χ0) is 17.3. The second kappa shape index (κ2) is 6.68. The van der Waals surface area contributed by atoms with Crippen LogP contribution in [0.1, 0.15) is 37.7 Å². The third kappa shape index (κ3) is 3.31. The number of aliphatic hydroxyl groups excluding tert-OH is 1. The topological polar surface area (TPSA) is 82.8 Å². The van der Waals surface area contributed by atoms with Crippen molar-refractivity contribution in [2.75, 3.05) is 11.9 Å². The number of amides is 2. The lowest BCUT2D eigenvalue weighted by Crippen LogP contribution is -2.43. The maximum Gasteiger partial charge on any atom is 0.347 e. The quantitative estimate of drug-likeness (QED) is 0.825. The Morgan fingerprint density at radius 1 is 1.38 bits per heavy atom. The molecule has 2 amide bonds. The molecule has 0 radical (unpaired) electrons. The van der Waals surface area contributed by atoms with Gasteiger partial charge >= 0.3 is 11.7 Å². The summed E-state index contributed by atoms with van der Waals surface area (Å²) in [5.41, 5.74) is -0.221. The number of anilines is 1. The summed E-state index contributed by atoms with van der Waals surface area (Å²) in [6, 6.07) is 3.25. The fourth-order valence-corrected chi connectivity index (χ4v) is 3.87. The van der Waals surface area contributed by atoms with Gasteiger partial charge in [-0.05, 0) is 18.9 Å². The van der Waals surface area contributed by atoms with Gasteiger partial charge in [-0.2, -0.15) is 0 Å². The molecule has 0 spiro atoms. The van der Waals surface area contributed by atoms with Gasteiger partial charge in [0.05, 0.1) is 4.70 Å². The van der Waals surface area contributed by atoms with Crippen LogP contribution in [0.15, 0.2) is 27.9 Å². The van der Waals surface area contributed by atoms with Gasteiger partial charge in [0.2, 0.25) is 0 Å². The van der Waals surface area contributed by atoms with Crippen LogP contribution in [0.5, 0.6) is 0 Å². The third-order valence-electron chi connectivity index (χ3n) is 4.29. The maximum atomic E-state index is 12.4. The van der Waals surface area contributed by atoms with Gasteiger partial charge in [0.15, 0.2) is 5.58 Å². The van der Waals surface area contributed by atoms with E-state index in [1.807, 2.05) is 0 Å². The molecule has 3 rings (SSSR count). The highest BCUT2D eigenvalue weighted by Crippen LogP contribution is 2.32. The largest absolute Gasteiger partial charge is 0.508 e. The van der Waals surface area contributed by atoms with Gasteiger partial charge in [0, 0.05) is 19.2 Å². The average Bonchev–Trinajstić information content (AvgIpc) is 2.96. The molecule has 1 fully saturated rings. The summed E-state index contributed by atoms with van der Waals surface area (Å²) in [4.78, 5) is 25.7. The second-order valence-electron chi connectivity index (χ2n) is 6.05. The van der Waals surface area contributed by atoms with Gasteiger partial charge in [-0.15, -0.1) is 11.3 Å². The number of urea groups is 1. The van der Waals surface area contributed by atoms with E-state index >= 15 is 0 Å². The van der Waals surface area contributed by atoms with Crippen LogP contribution in [-0.2, 0) is 0 Å². The summed E-state index contributed by atoms with van der Waals surface area (Å²) in [7, 11) is 1.69. The molecular formula is C17H20N2O4S. The van der Waals surface area contributed by atoms with Crippen molar-refractivity contribution in [3.63, 3.8) is 0 Å². The van der Waals surface area contributed by atoms with E-state index in [0.29, 0.717) is 15.3 Å². The zero-order valence-corrected chi connectivity index (χ0v) is 14.3. The van der Waals surface area contributed by atoms with Crippen LogP contribution >= 0.6 is 11.3 Å². The van der Waals surface area contributed by atoms with Crippen molar-refractivity contribution in [1.82, 2.24) is 5.32 Å². The minimum Gasteiger partial charge on any atom is -0.508 e. The van der Waals surface area contributed by atoms with Crippen LogP contribution in [0.3, 0.4) is 0 Å². The summed E-state index contributed by atoms with van der Waals surface area (Å²) in [5, 5.41) is 13.1. The van der Waals surface area contributed by atoms with E-state index in [0.717, 1.165) is 25.7 Å². The number of carbonyl (C=O) groups is 1. The molecule has 128 valence electrons. The van der Waals surface area contributed by atoms with Crippen LogP contribution in [0.25, 0.3) is 16.0 Å². The highest BCUT2D eigenvalue weighted by Gasteiger charge is 2.20. The van der Waals surface area contributed by atoms with Crippen LogP contribution in [-0.4, -0.2) is 24.2 Å². The standard InChI is InChI=1S/C17H20N2O4S/c1-10(20)12-8-14-13(23-16(12)21)9-15(24-14)19(2)17(22)18-11-6-4-3-5-7-11/h8-9,11,20H,1,3-7H2,2H3,(H,18,22). The zero-order valence-electron chi connectivity index (χ0n) is 13.5. The van der Waals surface area contributed by atoms with Crippen molar-refractivity contribution < 1.29 is 14.3 Å². The Kier molecular flexibility index (Phi) is 4.62. The molecule has 24 heavy (non-hydrogen) atoms. The molecule has 0 aromatic carbocycles. The molecule has 0 atom stereocenters. The molecule has 7 heteroatoms. The molecule has 1 aliphatic carbocycles. The highest BCUT2D eigenvalue weighted by atomic mass is 32.1. The average molecular weight is 348 g/mol. The normalized spacial score (nSPS) is 15.4. The molecular weight excluding hydrogens is 328 g/mol. The number of thiophene rings is 1. The Labute approximate surface area is 143 Å². The van der Waals surface area contributed by atoms with E-state index in [4.69, 9.17) is 4.42 Å². The van der Waals surface area contributed by atoms with Gasteiger partial charge in [-0.25, -0.2) is 9.59 Å². The SMILES string of the molecule is C=C(O)c1cc2sc(N(C)C(=O)NC3CCCCC3)cc2oc1=O. The summed E-state index contributed by atoms with van der Waals surface area (Å²) >= 11 is 1.32. The number of nitrogens with zero attached hydrogens (tertiary/aromatic N) is 1. The van der Waals surface area contributed by atoms with Gasteiger partial charge in [0.25, 0.3) is 0 Å². The number of fused-ring (bicyclic) bond motifs is 1. The molecule has 1 aliphatic rings. The number of rotatable bonds is 3. The number of hydrogen-bond acceptors (Lipinski definition) is 5. The molecule has 0 aliphatic heterocycles. The van der Waals surface area contributed by atoms with Crippen molar-refractivity contribution in [1.29, 1.82) is 0 Å². The van der Waals surface area contributed by atoms with Crippen molar-refractivity contribution in [2.24, 2.45) is 0 Å². The number of nitrogens with one attached hydrogen (secondary N) is 1. The van der Waals surface area contributed by atoms with Crippen molar-refractivity contribution in [3.05, 3.63) is 34.7 Å². The smallest absolute Gasteiger partial charge is 0.347 e. The molecule has 0 saturated heterocycles. The lowest BCUT2D eigenvalue weighted by Gasteiger charge is -2.25. The van der Waals surface area contributed by atoms with Crippen molar-refractivity contribution >= 4 is 38.4 Å². The van der Waals surface area contributed by atoms with Crippen LogP contribution in [0.2, 0.25) is 0 Å².